The van der Waals surface area contributed by atoms with E-state index in [0.29, 0.717) is 6.04 Å². The summed E-state index contributed by atoms with van der Waals surface area (Å²) >= 11 is 0. The molecule has 1 aliphatic rings. The maximum absolute atomic E-state index is 12.4. The van der Waals surface area contributed by atoms with Gasteiger partial charge in [-0.1, -0.05) is 11.1 Å². The number of rotatable bonds is 5. The molecule has 0 saturated carbocycles. The van der Waals surface area contributed by atoms with Crippen molar-refractivity contribution in [2.75, 3.05) is 13.6 Å². The Morgan fingerprint density at radius 1 is 0.871 bits per heavy atom. The second-order valence-electron chi connectivity index (χ2n) is 5.95. The second-order valence-corrected chi connectivity index (χ2v) is 9.65. The van der Waals surface area contributed by atoms with Crippen molar-refractivity contribution in [2.45, 2.75) is 49.7 Å². The average Bonchev–Trinajstić information content (AvgIpc) is 2.76. The summed E-state index contributed by atoms with van der Waals surface area (Å²) in [5.74, 6) is 0. The molecular formula is C12H17F10N3O4S2. The summed E-state index contributed by atoms with van der Waals surface area (Å²) in [6.45, 7) is 7.63. The van der Waals surface area contributed by atoms with E-state index in [4.69, 9.17) is 0 Å². The number of alkyl halides is 10. The molecule has 31 heavy (non-hydrogen) atoms. The van der Waals surface area contributed by atoms with Gasteiger partial charge in [-0.25, -0.2) is 21.8 Å². The summed E-state index contributed by atoms with van der Waals surface area (Å²) in [5, 5.41) is -9.33. The maximum atomic E-state index is 12.4. The van der Waals surface area contributed by atoms with Crippen molar-refractivity contribution in [2.24, 2.45) is 0 Å². The zero-order valence-electron chi connectivity index (χ0n) is 16.0. The average molecular weight is 521 g/mol. The Morgan fingerprint density at radius 2 is 1.19 bits per heavy atom. The number of halogens is 10. The van der Waals surface area contributed by atoms with E-state index < -0.39 is 47.0 Å². The first-order chi connectivity index (χ1) is 13.4. The summed E-state index contributed by atoms with van der Waals surface area (Å²) in [6, 6.07) is 0.579. The highest BCUT2D eigenvalue weighted by Gasteiger charge is 2.73. The molecule has 0 aromatic carbocycles. The van der Waals surface area contributed by atoms with Gasteiger partial charge >= 0.3 is 22.9 Å². The zero-order valence-corrected chi connectivity index (χ0v) is 17.6. The van der Waals surface area contributed by atoms with E-state index in [1.165, 1.54) is 5.70 Å². The first-order valence-electron chi connectivity index (χ1n) is 7.72. The van der Waals surface area contributed by atoms with Gasteiger partial charge in [0.1, 0.15) is 0 Å². The first kappa shape index (κ1) is 29.7. The van der Waals surface area contributed by atoms with Gasteiger partial charge in [-0.15, -0.1) is 0 Å². The molecule has 1 heterocycles. The summed E-state index contributed by atoms with van der Waals surface area (Å²) in [5.41, 5.74) is 1.36. The fraction of sp³-hybridized carbons (Fsp3) is 0.833. The van der Waals surface area contributed by atoms with Crippen LogP contribution in [0.3, 0.4) is 0 Å². The van der Waals surface area contributed by atoms with Crippen molar-refractivity contribution in [3.63, 3.8) is 0 Å². The Labute approximate surface area is 170 Å². The molecule has 186 valence electrons. The monoisotopic (exact) mass is 521 g/mol. The van der Waals surface area contributed by atoms with Gasteiger partial charge in [-0.3, -0.25) is 0 Å². The van der Waals surface area contributed by atoms with Crippen molar-refractivity contribution in [1.82, 2.24) is 14.1 Å². The number of hydrogen-bond donors (Lipinski definition) is 1. The topological polar surface area (TPSA) is 86.8 Å². The molecule has 0 aromatic heterocycles. The highest BCUT2D eigenvalue weighted by atomic mass is 32.3. The number of likely N-dealkylation sites (N-methyl/N-ethyl adjacent to an activating group) is 1. The largest absolute Gasteiger partial charge is 0.471 e. The fourth-order valence-corrected chi connectivity index (χ4v) is 4.67. The molecule has 0 aliphatic carbocycles. The van der Waals surface area contributed by atoms with Crippen LogP contribution in [0.2, 0.25) is 0 Å². The van der Waals surface area contributed by atoms with E-state index >= 15 is 0 Å². The van der Waals surface area contributed by atoms with E-state index in [1.54, 1.807) is 0 Å². The molecule has 19 heteroatoms. The fourth-order valence-electron chi connectivity index (χ4n) is 2.07. The lowest BCUT2D eigenvalue weighted by Gasteiger charge is -2.29. The lowest BCUT2D eigenvalue weighted by Crippen LogP contribution is -2.57. The molecule has 0 radical (unpaired) electrons. The molecule has 0 saturated heterocycles. The van der Waals surface area contributed by atoms with E-state index in [-0.39, 0.29) is 0 Å². The van der Waals surface area contributed by atoms with Crippen molar-refractivity contribution >= 4 is 20.0 Å². The van der Waals surface area contributed by atoms with E-state index in [0.717, 1.165) is 6.54 Å². The molecule has 1 unspecified atom stereocenters. The third-order valence-corrected chi connectivity index (χ3v) is 7.30. The van der Waals surface area contributed by atoms with Gasteiger partial charge in [0.05, 0.1) is 0 Å². The molecule has 1 aliphatic heterocycles. The van der Waals surface area contributed by atoms with Gasteiger partial charge in [-0.2, -0.15) is 43.9 Å². The third-order valence-electron chi connectivity index (χ3n) is 3.73. The summed E-state index contributed by atoms with van der Waals surface area (Å²) in [7, 11) is -12.9. The standard InChI is InChI=1S/C8H16N2.C4HF10NO4S2/c1-5-10-8(3)6-7(2)9(10)4;5-1(6,7)3(11,12)20(16,17)15-21(18,19)4(13,14)2(8,9)10/h6,8H,5H2,1-4H3;15H. The molecule has 0 fully saturated rings. The van der Waals surface area contributed by atoms with Crippen molar-refractivity contribution in [1.29, 1.82) is 0 Å². The number of sulfonamides is 2. The molecule has 1 N–H and O–H groups in total. The van der Waals surface area contributed by atoms with Gasteiger partial charge < -0.3 is 5.01 Å². The molecule has 1 rings (SSSR count). The van der Waals surface area contributed by atoms with Crippen LogP contribution in [0.15, 0.2) is 11.8 Å². The predicted molar refractivity (Wildman–Crippen MR) is 86.3 cm³/mol. The normalized spacial score (nSPS) is 19.7. The molecule has 1 atom stereocenters. The van der Waals surface area contributed by atoms with E-state index in [2.05, 4.69) is 43.9 Å². The number of nitrogens with one attached hydrogen (secondary N) is 1. The Balaban J connectivity index is 0.000000743. The van der Waals surface area contributed by atoms with E-state index in [9.17, 15) is 60.7 Å². The van der Waals surface area contributed by atoms with Crippen LogP contribution in [0.5, 0.6) is 0 Å². The van der Waals surface area contributed by atoms with Gasteiger partial charge in [0.2, 0.25) is 0 Å². The van der Waals surface area contributed by atoms with Crippen molar-refractivity contribution < 1.29 is 60.7 Å². The molecule has 7 nitrogen and oxygen atoms in total. The maximum Gasteiger partial charge on any atom is 0.471 e. The number of allylic oxidation sites excluding steroid dienone is 1. The highest BCUT2D eigenvalue weighted by molar-refractivity contribution is 8.05. The summed E-state index contributed by atoms with van der Waals surface area (Å²) in [6.07, 6.45) is -11.7. The summed E-state index contributed by atoms with van der Waals surface area (Å²) in [4.78, 5) is 0. The quantitative estimate of drug-likeness (QED) is 0.560. The van der Waals surface area contributed by atoms with Crippen LogP contribution in [-0.2, 0) is 20.0 Å². The lowest BCUT2D eigenvalue weighted by atomic mass is 10.3. The van der Waals surface area contributed by atoms with Crippen LogP contribution >= 0.6 is 0 Å². The van der Waals surface area contributed by atoms with E-state index in [1.807, 2.05) is 0 Å². The van der Waals surface area contributed by atoms with Crippen molar-refractivity contribution in [3.05, 3.63) is 11.8 Å². The highest BCUT2D eigenvalue weighted by Crippen LogP contribution is 2.43. The van der Waals surface area contributed by atoms with Gasteiger partial charge in [0.15, 0.2) is 0 Å². The Hall–Kier alpha value is -1.34. The van der Waals surface area contributed by atoms with Crippen LogP contribution in [0, 0.1) is 0 Å². The minimum absolute atomic E-state index is 0.579. The van der Waals surface area contributed by atoms with Crippen molar-refractivity contribution in [3.8, 4) is 0 Å². The molecule has 0 spiro atoms. The van der Waals surface area contributed by atoms with Crippen LogP contribution < -0.4 is 4.13 Å². The Bertz CT molecular complexity index is 827. The Morgan fingerprint density at radius 3 is 1.35 bits per heavy atom. The third kappa shape index (κ3) is 5.92. The van der Waals surface area contributed by atoms with Gasteiger partial charge in [0, 0.05) is 25.3 Å². The van der Waals surface area contributed by atoms with Gasteiger partial charge in [0.25, 0.3) is 20.0 Å². The SMILES string of the molecule is CCN1C(C)C=C(C)N1C.O=S(=O)(NS(=O)(=O)C(F)(F)C(F)(F)F)C(F)(F)C(F)(F)F. The lowest BCUT2D eigenvalue weighted by molar-refractivity contribution is -0.242. The molecule has 0 amide bonds. The minimum Gasteiger partial charge on any atom is -0.313 e. The number of hydrazine groups is 1. The predicted octanol–water partition coefficient (Wildman–Crippen LogP) is 3.01. The minimum atomic E-state index is -7.49. The second kappa shape index (κ2) is 8.89. The Kier molecular flexibility index (Phi) is 8.51. The number of nitrogens with zero attached hydrogens (tertiary/aromatic N) is 2. The molecule has 0 aromatic rings. The smallest absolute Gasteiger partial charge is 0.313 e. The molecule has 0 bridgehead atoms. The number of hydrogen-bond acceptors (Lipinski definition) is 6. The summed E-state index contributed by atoms with van der Waals surface area (Å²) < 4.78 is 160. The first-order valence-corrected chi connectivity index (χ1v) is 10.7. The van der Waals surface area contributed by atoms with Crippen LogP contribution in [0.1, 0.15) is 20.8 Å². The van der Waals surface area contributed by atoms with Crippen LogP contribution in [-0.4, -0.2) is 69.3 Å². The van der Waals surface area contributed by atoms with Gasteiger partial charge in [-0.05, 0) is 19.9 Å². The zero-order chi connectivity index (χ0) is 25.4. The van der Waals surface area contributed by atoms with Crippen LogP contribution in [0.4, 0.5) is 43.9 Å². The van der Waals surface area contributed by atoms with Crippen LogP contribution in [0.25, 0.3) is 0 Å². The molecular weight excluding hydrogens is 504 g/mol.